The number of rotatable bonds is 8. The highest BCUT2D eigenvalue weighted by atomic mass is 19.1. The van der Waals surface area contributed by atoms with Crippen LogP contribution < -0.4 is 10.5 Å². The van der Waals surface area contributed by atoms with Crippen molar-refractivity contribution in [1.29, 1.82) is 0 Å². The van der Waals surface area contributed by atoms with Crippen molar-refractivity contribution in [2.24, 2.45) is 5.73 Å². The molecular weight excluding hydrogens is 401 g/mol. The van der Waals surface area contributed by atoms with Gasteiger partial charge in [-0.1, -0.05) is 42.5 Å². The maximum Gasteiger partial charge on any atom is 0.123 e. The summed E-state index contributed by atoms with van der Waals surface area (Å²) in [4.78, 5) is 0. The molecule has 3 aromatic carbocycles. The van der Waals surface area contributed by atoms with Crippen molar-refractivity contribution in [1.82, 2.24) is 0 Å². The number of ether oxygens (including phenoxy) is 2. The van der Waals surface area contributed by atoms with Gasteiger partial charge in [-0.3, -0.25) is 0 Å². The molecule has 168 valence electrons. The second kappa shape index (κ2) is 10.8. The third kappa shape index (κ3) is 5.76. The number of nitrogens with two attached hydrogens (primary N) is 1. The molecule has 2 N–H and O–H groups in total. The molecule has 0 heterocycles. The molecule has 0 spiro atoms. The van der Waals surface area contributed by atoms with E-state index < -0.39 is 0 Å². The monoisotopic (exact) mass is 433 g/mol. The van der Waals surface area contributed by atoms with Crippen molar-refractivity contribution in [2.45, 2.75) is 57.8 Å². The quantitative estimate of drug-likeness (QED) is 0.459. The van der Waals surface area contributed by atoms with E-state index in [1.165, 1.54) is 17.2 Å². The lowest BCUT2D eigenvalue weighted by Gasteiger charge is -2.29. The summed E-state index contributed by atoms with van der Waals surface area (Å²) in [5, 5.41) is 0. The Balaban J connectivity index is 1.36. The van der Waals surface area contributed by atoms with E-state index >= 15 is 0 Å². The maximum atomic E-state index is 13.8. The molecule has 0 aliphatic heterocycles. The fourth-order valence-corrected chi connectivity index (χ4v) is 4.42. The van der Waals surface area contributed by atoms with Gasteiger partial charge in [-0.05, 0) is 97.7 Å². The summed E-state index contributed by atoms with van der Waals surface area (Å²) >= 11 is 0. The second-order valence-electron chi connectivity index (χ2n) is 8.62. The Morgan fingerprint density at radius 1 is 0.875 bits per heavy atom. The van der Waals surface area contributed by atoms with E-state index in [-0.39, 0.29) is 18.0 Å². The molecule has 0 amide bonds. The summed E-state index contributed by atoms with van der Waals surface area (Å²) in [5.41, 5.74) is 11.3. The van der Waals surface area contributed by atoms with Gasteiger partial charge in [-0.2, -0.15) is 0 Å². The molecule has 0 bridgehead atoms. The first-order valence-electron chi connectivity index (χ1n) is 11.5. The standard InChI is InChI=1S/C28H32FNO2/c1-20-5-2-3-6-23(20)19-31-25-11-13-26(14-12-25)32-27-10-9-21(15-16-30)28(18-27)22-7-4-8-24(29)17-22/h2-10,17-18,25-26H,11-16,19,30H2,1H3. The topological polar surface area (TPSA) is 44.5 Å². The molecule has 3 aromatic rings. The van der Waals surface area contributed by atoms with Gasteiger partial charge in [-0.25, -0.2) is 4.39 Å². The van der Waals surface area contributed by atoms with E-state index in [1.54, 1.807) is 12.1 Å². The minimum atomic E-state index is -0.239. The highest BCUT2D eigenvalue weighted by Gasteiger charge is 2.23. The van der Waals surface area contributed by atoms with Gasteiger partial charge in [0.05, 0.1) is 18.8 Å². The minimum Gasteiger partial charge on any atom is -0.490 e. The molecule has 0 radical (unpaired) electrons. The van der Waals surface area contributed by atoms with E-state index in [0.29, 0.717) is 13.2 Å². The van der Waals surface area contributed by atoms with Crippen LogP contribution in [0, 0.1) is 12.7 Å². The fourth-order valence-electron chi connectivity index (χ4n) is 4.42. The van der Waals surface area contributed by atoms with Gasteiger partial charge < -0.3 is 15.2 Å². The summed E-state index contributed by atoms with van der Waals surface area (Å²) in [5.74, 6) is 0.589. The highest BCUT2D eigenvalue weighted by Crippen LogP contribution is 2.32. The van der Waals surface area contributed by atoms with Crippen molar-refractivity contribution in [3.63, 3.8) is 0 Å². The molecule has 32 heavy (non-hydrogen) atoms. The lowest BCUT2D eigenvalue weighted by molar-refractivity contribution is -0.00678. The average Bonchev–Trinajstić information content (AvgIpc) is 2.81. The Kier molecular flexibility index (Phi) is 7.56. The highest BCUT2D eigenvalue weighted by molar-refractivity contribution is 5.69. The van der Waals surface area contributed by atoms with Gasteiger partial charge in [0.25, 0.3) is 0 Å². The molecule has 1 aliphatic carbocycles. The molecule has 0 aromatic heterocycles. The van der Waals surface area contributed by atoms with Crippen molar-refractivity contribution in [2.75, 3.05) is 6.54 Å². The van der Waals surface area contributed by atoms with Crippen molar-refractivity contribution >= 4 is 0 Å². The SMILES string of the molecule is Cc1ccccc1COC1CCC(Oc2ccc(CCN)c(-c3cccc(F)c3)c2)CC1. The zero-order valence-electron chi connectivity index (χ0n) is 18.7. The minimum absolute atomic E-state index is 0.175. The van der Waals surface area contributed by atoms with Crippen LogP contribution in [0.5, 0.6) is 5.75 Å². The first kappa shape index (κ1) is 22.5. The number of hydrogen-bond acceptors (Lipinski definition) is 3. The van der Waals surface area contributed by atoms with Crippen LogP contribution in [0.4, 0.5) is 4.39 Å². The molecule has 1 aliphatic rings. The first-order valence-corrected chi connectivity index (χ1v) is 11.5. The maximum absolute atomic E-state index is 13.8. The van der Waals surface area contributed by atoms with Crippen molar-refractivity contribution in [3.8, 4) is 16.9 Å². The molecule has 4 rings (SSSR count). The van der Waals surface area contributed by atoms with Crippen molar-refractivity contribution in [3.05, 3.63) is 89.2 Å². The molecule has 1 saturated carbocycles. The number of aryl methyl sites for hydroxylation is 1. The smallest absolute Gasteiger partial charge is 0.123 e. The third-order valence-electron chi connectivity index (χ3n) is 6.29. The van der Waals surface area contributed by atoms with Crippen LogP contribution >= 0.6 is 0 Å². The summed E-state index contributed by atoms with van der Waals surface area (Å²) in [6.07, 6.45) is 5.14. The molecule has 0 unspecified atom stereocenters. The summed E-state index contributed by atoms with van der Waals surface area (Å²) in [6.45, 7) is 3.35. The van der Waals surface area contributed by atoms with Crippen LogP contribution in [-0.4, -0.2) is 18.8 Å². The van der Waals surface area contributed by atoms with E-state index in [2.05, 4.69) is 37.3 Å². The molecule has 0 saturated heterocycles. The van der Waals surface area contributed by atoms with E-state index in [4.69, 9.17) is 15.2 Å². The lowest BCUT2D eigenvalue weighted by atomic mass is 9.94. The average molecular weight is 434 g/mol. The van der Waals surface area contributed by atoms with E-state index in [1.807, 2.05) is 18.2 Å². The van der Waals surface area contributed by atoms with Crippen molar-refractivity contribution < 1.29 is 13.9 Å². The van der Waals surface area contributed by atoms with Gasteiger partial charge >= 0.3 is 0 Å². The summed E-state index contributed by atoms with van der Waals surface area (Å²) < 4.78 is 26.3. The Hall–Kier alpha value is -2.69. The molecule has 1 fully saturated rings. The molecule has 3 nitrogen and oxygen atoms in total. The lowest BCUT2D eigenvalue weighted by Crippen LogP contribution is -2.28. The summed E-state index contributed by atoms with van der Waals surface area (Å²) in [6, 6.07) is 21.2. The Labute approximate surface area is 190 Å². The normalized spacial score (nSPS) is 18.5. The van der Waals surface area contributed by atoms with Gasteiger partial charge in [0.15, 0.2) is 0 Å². The van der Waals surface area contributed by atoms with E-state index in [9.17, 15) is 4.39 Å². The fraction of sp³-hybridized carbons (Fsp3) is 0.357. The molecular formula is C28H32FNO2. The Morgan fingerprint density at radius 3 is 2.41 bits per heavy atom. The van der Waals surface area contributed by atoms with Crippen LogP contribution in [0.1, 0.15) is 42.4 Å². The van der Waals surface area contributed by atoms with Crippen LogP contribution in [0.3, 0.4) is 0 Å². The van der Waals surface area contributed by atoms with Crippen LogP contribution in [0.2, 0.25) is 0 Å². The van der Waals surface area contributed by atoms with E-state index in [0.717, 1.165) is 54.5 Å². The Morgan fingerprint density at radius 2 is 1.66 bits per heavy atom. The number of hydrogen-bond donors (Lipinski definition) is 1. The predicted molar refractivity (Wildman–Crippen MR) is 127 cm³/mol. The number of halogens is 1. The molecule has 0 atom stereocenters. The predicted octanol–water partition coefficient (Wildman–Crippen LogP) is 6.21. The van der Waals surface area contributed by atoms with Crippen LogP contribution in [0.25, 0.3) is 11.1 Å². The summed E-state index contributed by atoms with van der Waals surface area (Å²) in [7, 11) is 0. The van der Waals surface area contributed by atoms with Gasteiger partial charge in [0.1, 0.15) is 11.6 Å². The zero-order chi connectivity index (χ0) is 22.3. The zero-order valence-corrected chi connectivity index (χ0v) is 18.7. The Bertz CT molecular complexity index is 1030. The van der Waals surface area contributed by atoms with Gasteiger partial charge in [0, 0.05) is 0 Å². The largest absolute Gasteiger partial charge is 0.490 e. The van der Waals surface area contributed by atoms with Gasteiger partial charge in [0.2, 0.25) is 0 Å². The third-order valence-corrected chi connectivity index (χ3v) is 6.29. The van der Waals surface area contributed by atoms with Crippen LogP contribution in [-0.2, 0) is 17.8 Å². The van der Waals surface area contributed by atoms with Gasteiger partial charge in [-0.15, -0.1) is 0 Å². The molecule has 4 heteroatoms. The second-order valence-corrected chi connectivity index (χ2v) is 8.62. The first-order chi connectivity index (χ1) is 15.6. The number of benzene rings is 3. The van der Waals surface area contributed by atoms with Crippen LogP contribution in [0.15, 0.2) is 66.7 Å².